The number of halogens is 5. The third-order valence-corrected chi connectivity index (χ3v) is 10.3. The first kappa shape index (κ1) is 35.2. The summed E-state index contributed by atoms with van der Waals surface area (Å²) in [6.07, 6.45) is 1.91. The van der Waals surface area contributed by atoms with Crippen LogP contribution in [0.1, 0.15) is 79.8 Å². The van der Waals surface area contributed by atoms with Gasteiger partial charge in [0.15, 0.2) is 11.9 Å². The minimum absolute atomic E-state index is 0.00678. The second-order valence-corrected chi connectivity index (χ2v) is 13.7. The molecule has 5 heterocycles. The van der Waals surface area contributed by atoms with Gasteiger partial charge in [-0.2, -0.15) is 23.4 Å². The van der Waals surface area contributed by atoms with Gasteiger partial charge in [0.1, 0.15) is 5.69 Å². The molecule has 2 saturated heterocycles. The SMILES string of the molecule is CCn1nccc1C=O.CNC(c1cn2nc(CC3CC(C(F)(F)F)CNC3=O)c(N3CCOC4(CC4)C3)cc2n1)C1CCC(F)(F)CC1. The van der Waals surface area contributed by atoms with Crippen molar-refractivity contribution in [3.63, 3.8) is 0 Å². The van der Waals surface area contributed by atoms with E-state index in [2.05, 4.69) is 20.6 Å². The van der Waals surface area contributed by atoms with Gasteiger partial charge in [-0.05, 0) is 58.1 Å². The predicted octanol–water partition coefficient (Wildman–Crippen LogP) is 4.76. The second-order valence-electron chi connectivity index (χ2n) is 13.7. The Bertz CT molecular complexity index is 1630. The van der Waals surface area contributed by atoms with E-state index < -0.39 is 36.4 Å². The first-order chi connectivity index (χ1) is 23.3. The summed E-state index contributed by atoms with van der Waals surface area (Å²) in [6, 6.07) is 3.34. The molecule has 2 aliphatic heterocycles. The number of carbonyl (C=O) groups excluding carboxylic acids is 2. The van der Waals surface area contributed by atoms with Crippen molar-refractivity contribution in [3.8, 4) is 0 Å². The Kier molecular flexibility index (Phi) is 10.00. The molecule has 3 aromatic heterocycles. The Morgan fingerprint density at radius 1 is 1.20 bits per heavy atom. The van der Waals surface area contributed by atoms with E-state index >= 15 is 0 Å². The van der Waals surface area contributed by atoms with Crippen LogP contribution in [-0.2, 0) is 22.5 Å². The summed E-state index contributed by atoms with van der Waals surface area (Å²) in [5.74, 6) is -5.50. The molecule has 3 aromatic rings. The van der Waals surface area contributed by atoms with Gasteiger partial charge in [-0.15, -0.1) is 0 Å². The number of alkyl halides is 5. The van der Waals surface area contributed by atoms with Gasteiger partial charge in [-0.3, -0.25) is 14.3 Å². The highest BCUT2D eigenvalue weighted by Crippen LogP contribution is 2.44. The zero-order chi connectivity index (χ0) is 35.0. The number of rotatable bonds is 8. The van der Waals surface area contributed by atoms with Crippen LogP contribution in [0.5, 0.6) is 0 Å². The van der Waals surface area contributed by atoms with E-state index in [9.17, 15) is 31.5 Å². The number of fused-ring (bicyclic) bond motifs is 1. The van der Waals surface area contributed by atoms with E-state index in [0.29, 0.717) is 55.3 Å². The Morgan fingerprint density at radius 3 is 2.59 bits per heavy atom. The van der Waals surface area contributed by atoms with Crippen molar-refractivity contribution < 1.29 is 36.3 Å². The number of piperidine rings is 1. The number of carbonyl (C=O) groups is 2. The average molecular weight is 695 g/mol. The number of amides is 1. The number of hydrogen-bond donors (Lipinski definition) is 2. The molecule has 11 nitrogen and oxygen atoms in total. The van der Waals surface area contributed by atoms with Gasteiger partial charge >= 0.3 is 6.18 Å². The first-order valence-corrected chi connectivity index (χ1v) is 17.0. The average Bonchev–Trinajstić information content (AvgIpc) is 3.44. The van der Waals surface area contributed by atoms with E-state index in [1.165, 1.54) is 0 Å². The summed E-state index contributed by atoms with van der Waals surface area (Å²) in [6.45, 7) is 4.05. The monoisotopic (exact) mass is 694 g/mol. The fraction of sp³-hybridized carbons (Fsp3) is 0.667. The molecule has 3 atom stereocenters. The lowest BCUT2D eigenvalue weighted by atomic mass is 9.81. The summed E-state index contributed by atoms with van der Waals surface area (Å²) in [7, 11) is 1.79. The predicted molar refractivity (Wildman–Crippen MR) is 169 cm³/mol. The lowest BCUT2D eigenvalue weighted by molar-refractivity contribution is -0.183. The van der Waals surface area contributed by atoms with Gasteiger partial charge in [-0.25, -0.2) is 18.3 Å². The minimum atomic E-state index is -4.39. The molecular weight excluding hydrogens is 651 g/mol. The normalized spacial score (nSPS) is 24.3. The van der Waals surface area contributed by atoms with Gasteiger partial charge in [0.2, 0.25) is 11.8 Å². The lowest BCUT2D eigenvalue weighted by Gasteiger charge is -2.36. The highest BCUT2D eigenvalue weighted by atomic mass is 19.4. The van der Waals surface area contributed by atoms with Crippen LogP contribution in [0.4, 0.5) is 27.6 Å². The van der Waals surface area contributed by atoms with E-state index in [-0.39, 0.29) is 43.2 Å². The van der Waals surface area contributed by atoms with Gasteiger partial charge in [-0.1, -0.05) is 0 Å². The summed E-state index contributed by atoms with van der Waals surface area (Å²) in [5, 5.41) is 14.4. The smallest absolute Gasteiger partial charge is 0.371 e. The van der Waals surface area contributed by atoms with Crippen LogP contribution >= 0.6 is 0 Å². The fourth-order valence-electron chi connectivity index (χ4n) is 7.32. The van der Waals surface area contributed by atoms with Gasteiger partial charge in [0.25, 0.3) is 0 Å². The van der Waals surface area contributed by atoms with Crippen molar-refractivity contribution in [3.05, 3.63) is 41.6 Å². The number of imidazole rings is 1. The highest BCUT2D eigenvalue weighted by molar-refractivity contribution is 5.80. The van der Waals surface area contributed by atoms with E-state index in [1.807, 2.05) is 13.0 Å². The van der Waals surface area contributed by atoms with Crippen LogP contribution in [0.3, 0.4) is 0 Å². The Labute approximate surface area is 280 Å². The molecule has 4 aliphatic rings. The van der Waals surface area contributed by atoms with Crippen LogP contribution in [0.25, 0.3) is 5.65 Å². The molecule has 268 valence electrons. The molecule has 49 heavy (non-hydrogen) atoms. The zero-order valence-corrected chi connectivity index (χ0v) is 27.7. The number of aldehydes is 1. The maximum absolute atomic E-state index is 13.8. The summed E-state index contributed by atoms with van der Waals surface area (Å²) in [5.41, 5.74) is 2.97. The van der Waals surface area contributed by atoms with E-state index in [1.54, 1.807) is 34.7 Å². The number of hydrogen-bond acceptors (Lipinski definition) is 8. The maximum atomic E-state index is 13.8. The standard InChI is InChI=1S/C27H35F5N6O2.C6H8N2O/c1-33-23(16-2-4-26(28,29)5-3-16)20-14-38-22(35-20)12-21(37-8-9-40-25(15-37)6-7-25)19(36-38)11-17-10-18(27(30,31)32)13-34-24(17)39;1-2-8-6(5-9)3-4-7-8/h12,14,16-18,23,33H,2-11,13,15H2,1H3,(H,34,39);3-5H,2H2,1H3. The molecule has 3 unspecified atom stereocenters. The van der Waals surface area contributed by atoms with Crippen LogP contribution in [0, 0.1) is 17.8 Å². The number of nitrogens with one attached hydrogen (secondary N) is 2. The minimum Gasteiger partial charge on any atom is -0.371 e. The van der Waals surface area contributed by atoms with E-state index in [0.717, 1.165) is 31.4 Å². The molecule has 2 aliphatic carbocycles. The molecular formula is C33H43F5N8O3. The topological polar surface area (TPSA) is 119 Å². The molecule has 0 aromatic carbocycles. The molecule has 0 radical (unpaired) electrons. The Morgan fingerprint density at radius 2 is 1.96 bits per heavy atom. The summed E-state index contributed by atoms with van der Waals surface area (Å²) < 4.78 is 77.3. The van der Waals surface area contributed by atoms with E-state index in [4.69, 9.17) is 14.8 Å². The number of aromatic nitrogens is 5. The molecule has 16 heteroatoms. The molecule has 1 amide bonds. The van der Waals surface area contributed by atoms with Crippen LogP contribution < -0.4 is 15.5 Å². The van der Waals surface area contributed by atoms with Gasteiger partial charge in [0.05, 0.1) is 47.4 Å². The fourth-order valence-corrected chi connectivity index (χ4v) is 7.32. The van der Waals surface area contributed by atoms with Crippen LogP contribution in [0.15, 0.2) is 24.5 Å². The van der Waals surface area contributed by atoms with Crippen molar-refractivity contribution in [2.24, 2.45) is 17.8 Å². The summed E-state index contributed by atoms with van der Waals surface area (Å²) in [4.78, 5) is 29.8. The molecule has 1 spiro atoms. The lowest BCUT2D eigenvalue weighted by Crippen LogP contribution is -2.47. The van der Waals surface area contributed by atoms with Crippen molar-refractivity contribution in [1.82, 2.24) is 35.0 Å². The van der Waals surface area contributed by atoms with Crippen molar-refractivity contribution in [1.29, 1.82) is 0 Å². The van der Waals surface area contributed by atoms with Gasteiger partial charge < -0.3 is 20.3 Å². The highest BCUT2D eigenvalue weighted by Gasteiger charge is 2.48. The van der Waals surface area contributed by atoms with Crippen LogP contribution in [-0.4, -0.2) is 87.6 Å². The summed E-state index contributed by atoms with van der Waals surface area (Å²) >= 11 is 0. The number of aryl methyl sites for hydroxylation is 1. The van der Waals surface area contributed by atoms with Crippen LogP contribution in [0.2, 0.25) is 0 Å². The molecule has 7 rings (SSSR count). The first-order valence-electron chi connectivity index (χ1n) is 17.0. The third-order valence-electron chi connectivity index (χ3n) is 10.3. The maximum Gasteiger partial charge on any atom is 0.393 e. The molecule has 0 bridgehead atoms. The number of anilines is 1. The van der Waals surface area contributed by atoms with Gasteiger partial charge in [0, 0.05) is 63.6 Å². The van der Waals surface area contributed by atoms with Crippen molar-refractivity contribution >= 4 is 23.5 Å². The third kappa shape index (κ3) is 7.89. The second kappa shape index (κ2) is 13.9. The zero-order valence-electron chi connectivity index (χ0n) is 27.7. The number of ether oxygens (including phenoxy) is 1. The quantitative estimate of drug-likeness (QED) is 0.256. The molecule has 2 N–H and O–H groups in total. The molecule has 4 fully saturated rings. The number of nitrogens with zero attached hydrogens (tertiary/aromatic N) is 6. The Hall–Kier alpha value is -3.66. The van der Waals surface area contributed by atoms with Crippen molar-refractivity contribution in [2.75, 3.05) is 38.2 Å². The Balaban J connectivity index is 0.000000403. The largest absolute Gasteiger partial charge is 0.393 e. The van der Waals surface area contributed by atoms with Crippen molar-refractivity contribution in [2.45, 2.75) is 88.6 Å². The number of morpholine rings is 1. The molecule has 2 saturated carbocycles.